The van der Waals surface area contributed by atoms with Gasteiger partial charge < -0.3 is 33.8 Å². The van der Waals surface area contributed by atoms with Crippen LogP contribution in [0.25, 0.3) is 0 Å². The van der Waals surface area contributed by atoms with Crippen LogP contribution in [0.2, 0.25) is 0 Å². The van der Waals surface area contributed by atoms with Crippen molar-refractivity contribution in [2.45, 2.75) is 457 Å². The first-order valence-electron chi connectivity index (χ1n) is 42.9. The van der Waals surface area contributed by atoms with Crippen molar-refractivity contribution in [3.63, 3.8) is 0 Å². The molecule has 0 saturated carbocycles. The summed E-state index contributed by atoms with van der Waals surface area (Å²) in [4.78, 5) is 73.1. The number of carbonyl (C=O) groups excluding carboxylic acids is 4. The molecule has 0 bridgehead atoms. The van der Waals surface area contributed by atoms with Crippen LogP contribution in [0, 0.1) is 0 Å². The lowest BCUT2D eigenvalue weighted by molar-refractivity contribution is -0.161. The molecule has 0 saturated heterocycles. The Labute approximate surface area is 625 Å². The molecule has 19 heteroatoms. The molecule has 0 amide bonds. The van der Waals surface area contributed by atoms with E-state index in [2.05, 4.69) is 39.8 Å². The highest BCUT2D eigenvalue weighted by Gasteiger charge is 2.30. The molecule has 0 aliphatic heterocycles. The quantitative estimate of drug-likeness (QED) is 0.0169. The van der Waals surface area contributed by atoms with E-state index in [-0.39, 0.29) is 25.7 Å². The van der Waals surface area contributed by atoms with Gasteiger partial charge in [-0.15, -0.1) is 0 Å². The average Bonchev–Trinajstić information content (AvgIpc) is 0.951. The summed E-state index contributed by atoms with van der Waals surface area (Å²) in [5.41, 5.74) is 0. The molecule has 604 valence electrons. The molecule has 0 aliphatic rings. The lowest BCUT2D eigenvalue weighted by Crippen LogP contribution is -2.30. The number of allylic oxidation sites excluding steroid dienone is 2. The van der Waals surface area contributed by atoms with Crippen molar-refractivity contribution >= 4 is 39.5 Å². The lowest BCUT2D eigenvalue weighted by atomic mass is 10.0. The summed E-state index contributed by atoms with van der Waals surface area (Å²) in [5, 5.41) is 10.7. The fourth-order valence-corrected chi connectivity index (χ4v) is 14.3. The third-order valence-electron chi connectivity index (χ3n) is 19.3. The van der Waals surface area contributed by atoms with Gasteiger partial charge in [0.15, 0.2) is 12.2 Å². The highest BCUT2D eigenvalue weighted by atomic mass is 31.2. The maximum Gasteiger partial charge on any atom is 0.472 e. The van der Waals surface area contributed by atoms with Crippen LogP contribution in [0.1, 0.15) is 439 Å². The molecule has 0 rings (SSSR count). The first kappa shape index (κ1) is 99.8. The van der Waals surface area contributed by atoms with E-state index in [1.165, 1.54) is 250 Å². The zero-order valence-corrected chi connectivity index (χ0v) is 68.1. The van der Waals surface area contributed by atoms with E-state index in [1.807, 2.05) is 0 Å². The second-order valence-corrected chi connectivity index (χ2v) is 32.4. The van der Waals surface area contributed by atoms with Gasteiger partial charge >= 0.3 is 39.5 Å². The molecular formula is C83H160O17P2. The van der Waals surface area contributed by atoms with Crippen LogP contribution in [-0.2, 0) is 65.4 Å². The number of unbranched alkanes of at least 4 members (excludes halogenated alkanes) is 55. The van der Waals surface area contributed by atoms with Crippen molar-refractivity contribution < 1.29 is 80.2 Å². The maximum atomic E-state index is 13.1. The van der Waals surface area contributed by atoms with E-state index in [4.69, 9.17) is 37.0 Å². The minimum atomic E-state index is -4.97. The van der Waals surface area contributed by atoms with Gasteiger partial charge in [0, 0.05) is 25.7 Å². The van der Waals surface area contributed by atoms with Gasteiger partial charge in [0.1, 0.15) is 19.3 Å². The smallest absolute Gasteiger partial charge is 0.462 e. The third kappa shape index (κ3) is 76.0. The second kappa shape index (κ2) is 77.0. The standard InChI is InChI=1S/C83H160O17P2/c1-5-9-13-17-21-25-29-33-36-38-41-45-49-53-57-61-65-69-82(87)99-78(73-93-80(85)67-63-59-55-51-47-43-32-28-24-20-16-12-8-4)75-97-101(89,90)95-71-77(84)72-96-102(91,92)98-76-79(74-94-81(86)68-64-60-56-52-48-44-40-35-31-27-23-19-15-11-7-3)100-83(88)70-66-62-58-54-50-46-42-39-37-34-30-26-22-18-14-10-6-2/h35,40,77-79,84H,5-34,36-39,41-76H2,1-4H3,(H,89,90)(H,91,92)/b40-35-/t77-,78-,79-/m1/s1. The molecule has 0 radical (unpaired) electrons. The number of hydrogen-bond donors (Lipinski definition) is 3. The van der Waals surface area contributed by atoms with Crippen LogP contribution in [0.15, 0.2) is 12.2 Å². The van der Waals surface area contributed by atoms with Gasteiger partial charge in [-0.25, -0.2) is 9.13 Å². The number of ether oxygens (including phenoxy) is 4. The Morgan fingerprint density at radius 3 is 0.676 bits per heavy atom. The SMILES string of the molecule is CCCCCCCC/C=C\CCCCCCCC(=O)OC[C@H](COP(=O)(O)OC[C@H](O)COP(=O)(O)OC[C@@H](COC(=O)CCCCCCCCCCCCCCC)OC(=O)CCCCCCCCCCCCCCCCCCC)OC(=O)CCCCCCCCCCCCCCCCCCC. The third-order valence-corrected chi connectivity index (χ3v) is 21.2. The lowest BCUT2D eigenvalue weighted by Gasteiger charge is -2.21. The zero-order chi connectivity index (χ0) is 74.6. The largest absolute Gasteiger partial charge is 0.472 e. The number of carbonyl (C=O) groups is 4. The second-order valence-electron chi connectivity index (χ2n) is 29.5. The molecule has 3 N–H and O–H groups in total. The topological polar surface area (TPSA) is 237 Å². The Morgan fingerprint density at radius 1 is 0.265 bits per heavy atom. The van der Waals surface area contributed by atoms with E-state index >= 15 is 0 Å². The van der Waals surface area contributed by atoms with Crippen LogP contribution in [0.5, 0.6) is 0 Å². The monoisotopic (exact) mass is 1490 g/mol. The van der Waals surface area contributed by atoms with Crippen LogP contribution < -0.4 is 0 Å². The van der Waals surface area contributed by atoms with E-state index in [0.717, 1.165) is 109 Å². The minimum Gasteiger partial charge on any atom is -0.462 e. The molecule has 102 heavy (non-hydrogen) atoms. The summed E-state index contributed by atoms with van der Waals surface area (Å²) in [6, 6.07) is 0. The van der Waals surface area contributed by atoms with Gasteiger partial charge in [0.2, 0.25) is 0 Å². The van der Waals surface area contributed by atoms with Crippen LogP contribution in [0.4, 0.5) is 0 Å². The summed E-state index contributed by atoms with van der Waals surface area (Å²) in [7, 11) is -9.93. The first-order chi connectivity index (χ1) is 49.7. The van der Waals surface area contributed by atoms with Crippen molar-refractivity contribution in [1.82, 2.24) is 0 Å². The highest BCUT2D eigenvalue weighted by molar-refractivity contribution is 7.47. The van der Waals surface area contributed by atoms with E-state index < -0.39 is 97.5 Å². The Bertz CT molecular complexity index is 1980. The first-order valence-corrected chi connectivity index (χ1v) is 45.9. The number of esters is 4. The highest BCUT2D eigenvalue weighted by Crippen LogP contribution is 2.45. The van der Waals surface area contributed by atoms with E-state index in [9.17, 15) is 43.2 Å². The summed E-state index contributed by atoms with van der Waals surface area (Å²) >= 11 is 0. The fourth-order valence-electron chi connectivity index (χ4n) is 12.7. The molecule has 0 aromatic heterocycles. The molecule has 5 atom stereocenters. The van der Waals surface area contributed by atoms with Gasteiger partial charge in [-0.1, -0.05) is 374 Å². The number of phosphoric acid groups is 2. The number of aliphatic hydroxyl groups is 1. The Balaban J connectivity index is 5.28. The minimum absolute atomic E-state index is 0.105. The molecule has 0 spiro atoms. The van der Waals surface area contributed by atoms with Crippen molar-refractivity contribution in [3.05, 3.63) is 12.2 Å². The van der Waals surface area contributed by atoms with Crippen LogP contribution in [0.3, 0.4) is 0 Å². The normalized spacial score (nSPS) is 13.8. The van der Waals surface area contributed by atoms with Crippen molar-refractivity contribution in [2.24, 2.45) is 0 Å². The van der Waals surface area contributed by atoms with Crippen LogP contribution >= 0.6 is 15.6 Å². The van der Waals surface area contributed by atoms with Gasteiger partial charge in [-0.05, 0) is 51.4 Å². The van der Waals surface area contributed by atoms with Crippen molar-refractivity contribution in [3.8, 4) is 0 Å². The number of rotatable bonds is 83. The van der Waals surface area contributed by atoms with Crippen molar-refractivity contribution in [1.29, 1.82) is 0 Å². The molecule has 2 unspecified atom stereocenters. The summed E-state index contributed by atoms with van der Waals surface area (Å²) in [6.07, 6.45) is 71.7. The van der Waals surface area contributed by atoms with Gasteiger partial charge in [-0.3, -0.25) is 37.3 Å². The summed E-state index contributed by atoms with van der Waals surface area (Å²) in [5.74, 6) is -2.12. The summed E-state index contributed by atoms with van der Waals surface area (Å²) in [6.45, 7) is 5.02. The molecule has 0 aliphatic carbocycles. The zero-order valence-electron chi connectivity index (χ0n) is 66.3. The maximum absolute atomic E-state index is 13.1. The summed E-state index contributed by atoms with van der Waals surface area (Å²) < 4.78 is 68.8. The predicted octanol–water partition coefficient (Wildman–Crippen LogP) is 25.1. The number of phosphoric ester groups is 2. The predicted molar refractivity (Wildman–Crippen MR) is 418 cm³/mol. The van der Waals surface area contributed by atoms with E-state index in [1.54, 1.807) is 0 Å². The molecule has 0 aromatic rings. The van der Waals surface area contributed by atoms with E-state index in [0.29, 0.717) is 25.7 Å². The average molecular weight is 1490 g/mol. The number of aliphatic hydroxyl groups excluding tert-OH is 1. The molecule has 0 heterocycles. The number of hydrogen-bond acceptors (Lipinski definition) is 15. The Kier molecular flexibility index (Phi) is 75.3. The molecule has 0 fully saturated rings. The van der Waals surface area contributed by atoms with Gasteiger partial charge in [0.05, 0.1) is 26.4 Å². The van der Waals surface area contributed by atoms with Crippen LogP contribution in [-0.4, -0.2) is 96.7 Å². The molecular weight excluding hydrogens is 1330 g/mol. The van der Waals surface area contributed by atoms with Crippen molar-refractivity contribution in [2.75, 3.05) is 39.6 Å². The Morgan fingerprint density at radius 2 is 0.451 bits per heavy atom. The molecule has 17 nitrogen and oxygen atoms in total. The van der Waals surface area contributed by atoms with Gasteiger partial charge in [0.25, 0.3) is 0 Å². The fraction of sp³-hybridized carbons (Fsp3) is 0.928. The molecule has 0 aromatic carbocycles. The Hall–Kier alpha value is -2.20. The van der Waals surface area contributed by atoms with Gasteiger partial charge in [-0.2, -0.15) is 0 Å².